The summed E-state index contributed by atoms with van der Waals surface area (Å²) in [6, 6.07) is 19.6. The van der Waals surface area contributed by atoms with Crippen molar-refractivity contribution in [2.24, 2.45) is 0 Å². The zero-order valence-electron chi connectivity index (χ0n) is 15.8. The number of pyridine rings is 1. The molecule has 0 aliphatic carbocycles. The molecule has 29 heavy (non-hydrogen) atoms. The van der Waals surface area contributed by atoms with E-state index in [9.17, 15) is 13.2 Å². The van der Waals surface area contributed by atoms with Gasteiger partial charge in [-0.2, -0.15) is 8.42 Å². The van der Waals surface area contributed by atoms with Gasteiger partial charge in [0.2, 0.25) is 0 Å². The molecule has 2 heterocycles. The Kier molecular flexibility index (Phi) is 3.70. The molecule has 0 spiro atoms. The van der Waals surface area contributed by atoms with Crippen LogP contribution in [-0.4, -0.2) is 12.8 Å². The minimum Gasteiger partial charge on any atom is -0.378 e. The second kappa shape index (κ2) is 6.06. The molecule has 0 fully saturated rings. The topological polar surface area (TPSA) is 64.9 Å². The molecule has 0 atom stereocenters. The number of nitrogens with zero attached hydrogens (tertiary/aromatic N) is 1. The first kappa shape index (κ1) is 17.7. The fourth-order valence-electron chi connectivity index (χ4n) is 3.85. The van der Waals surface area contributed by atoms with E-state index >= 15 is 0 Å². The predicted octanol–water partition coefficient (Wildman–Crippen LogP) is 4.43. The summed E-state index contributed by atoms with van der Waals surface area (Å²) < 4.78 is 33.0. The number of hydrogen-bond acceptors (Lipinski definition) is 4. The average Bonchev–Trinajstić information content (AvgIpc) is 3.05. The first-order chi connectivity index (χ1) is 13.9. The fourth-order valence-corrected chi connectivity index (χ4v) is 4.85. The Bertz CT molecular complexity index is 1570. The molecule has 6 heteroatoms. The third kappa shape index (κ3) is 2.53. The molecule has 5 aromatic rings. The molecular formula is C23H17NO4S. The van der Waals surface area contributed by atoms with Gasteiger partial charge in [0, 0.05) is 16.2 Å². The zero-order chi connectivity index (χ0) is 20.3. The minimum atomic E-state index is -4.08. The summed E-state index contributed by atoms with van der Waals surface area (Å²) in [5.41, 5.74) is 2.37. The van der Waals surface area contributed by atoms with Crippen LogP contribution in [0.3, 0.4) is 0 Å². The van der Waals surface area contributed by atoms with Gasteiger partial charge in [0.05, 0.1) is 16.6 Å². The van der Waals surface area contributed by atoms with Crippen LogP contribution < -0.4 is 9.74 Å². The van der Waals surface area contributed by atoms with Gasteiger partial charge in [-0.1, -0.05) is 48.0 Å². The van der Waals surface area contributed by atoms with E-state index in [-0.39, 0.29) is 21.8 Å². The van der Waals surface area contributed by atoms with Crippen molar-refractivity contribution in [3.8, 4) is 5.75 Å². The van der Waals surface area contributed by atoms with E-state index in [2.05, 4.69) is 0 Å². The van der Waals surface area contributed by atoms with Gasteiger partial charge in [-0.3, -0.25) is 9.20 Å². The maximum absolute atomic E-state index is 13.2. The molecule has 0 aliphatic rings. The molecule has 3 aromatic carbocycles. The van der Waals surface area contributed by atoms with E-state index in [1.807, 2.05) is 43.3 Å². The van der Waals surface area contributed by atoms with E-state index in [0.717, 1.165) is 21.9 Å². The van der Waals surface area contributed by atoms with Crippen LogP contribution in [-0.2, 0) is 10.1 Å². The first-order valence-electron chi connectivity index (χ1n) is 9.18. The monoisotopic (exact) mass is 403 g/mol. The Morgan fingerprint density at radius 1 is 0.793 bits per heavy atom. The summed E-state index contributed by atoms with van der Waals surface area (Å²) in [5, 5.41) is 2.41. The third-order valence-corrected chi connectivity index (χ3v) is 6.54. The summed E-state index contributed by atoms with van der Waals surface area (Å²) in [4.78, 5) is 13.2. The average molecular weight is 403 g/mol. The van der Waals surface area contributed by atoms with E-state index in [1.165, 1.54) is 12.1 Å². The summed E-state index contributed by atoms with van der Waals surface area (Å²) in [7, 11) is -4.08. The van der Waals surface area contributed by atoms with E-state index in [0.29, 0.717) is 10.9 Å². The summed E-state index contributed by atoms with van der Waals surface area (Å²) in [6.07, 6.45) is 0. The SMILES string of the molecule is Cc1ccc(S(=O)(=O)Oc2c(C)c(=O)n3c4ccccc4c4cccc2c43)cc1. The molecule has 2 aromatic heterocycles. The number of benzene rings is 3. The number of fused-ring (bicyclic) bond motifs is 3. The first-order valence-corrected chi connectivity index (χ1v) is 10.6. The Labute approximate surface area is 167 Å². The highest BCUT2D eigenvalue weighted by Crippen LogP contribution is 2.37. The largest absolute Gasteiger partial charge is 0.378 e. The van der Waals surface area contributed by atoms with Gasteiger partial charge in [0.25, 0.3) is 5.56 Å². The van der Waals surface area contributed by atoms with E-state index < -0.39 is 10.1 Å². The zero-order valence-corrected chi connectivity index (χ0v) is 16.7. The number of aromatic nitrogens is 1. The molecular weight excluding hydrogens is 386 g/mol. The molecule has 0 N–H and O–H groups in total. The molecule has 144 valence electrons. The van der Waals surface area contributed by atoms with Gasteiger partial charge < -0.3 is 4.18 Å². The summed E-state index contributed by atoms with van der Waals surface area (Å²) in [6.45, 7) is 3.47. The van der Waals surface area contributed by atoms with Gasteiger partial charge in [-0.15, -0.1) is 0 Å². The third-order valence-electron chi connectivity index (χ3n) is 5.31. The molecule has 0 bridgehead atoms. The van der Waals surface area contributed by atoms with Crippen LogP contribution in [0.2, 0.25) is 0 Å². The van der Waals surface area contributed by atoms with Crippen molar-refractivity contribution in [3.05, 3.63) is 88.2 Å². The Morgan fingerprint density at radius 2 is 1.45 bits per heavy atom. The Morgan fingerprint density at radius 3 is 2.21 bits per heavy atom. The molecule has 0 amide bonds. The van der Waals surface area contributed by atoms with Gasteiger partial charge in [0.15, 0.2) is 5.75 Å². The van der Waals surface area contributed by atoms with Gasteiger partial charge >= 0.3 is 10.1 Å². The van der Waals surface area contributed by atoms with Crippen molar-refractivity contribution in [3.63, 3.8) is 0 Å². The number of hydrogen-bond donors (Lipinski definition) is 0. The number of para-hydroxylation sites is 2. The quantitative estimate of drug-likeness (QED) is 0.418. The van der Waals surface area contributed by atoms with E-state index in [1.54, 1.807) is 29.5 Å². The van der Waals surface area contributed by atoms with Crippen molar-refractivity contribution in [1.82, 2.24) is 4.40 Å². The molecule has 0 radical (unpaired) electrons. The van der Waals surface area contributed by atoms with Crippen LogP contribution in [0, 0.1) is 13.8 Å². The van der Waals surface area contributed by atoms with Crippen molar-refractivity contribution >= 4 is 37.3 Å². The highest BCUT2D eigenvalue weighted by molar-refractivity contribution is 7.87. The fraction of sp³-hybridized carbons (Fsp3) is 0.0870. The maximum Gasteiger partial charge on any atom is 0.339 e. The normalized spacial score (nSPS) is 12.2. The van der Waals surface area contributed by atoms with Crippen LogP contribution in [0.4, 0.5) is 0 Å². The Balaban J connectivity index is 1.83. The van der Waals surface area contributed by atoms with Gasteiger partial charge in [0.1, 0.15) is 4.90 Å². The summed E-state index contributed by atoms with van der Waals surface area (Å²) in [5.74, 6) is 0.0801. The lowest BCUT2D eigenvalue weighted by Gasteiger charge is -2.13. The van der Waals surface area contributed by atoms with Crippen molar-refractivity contribution < 1.29 is 12.6 Å². The Hall–Kier alpha value is -3.38. The number of aryl methyl sites for hydroxylation is 1. The number of rotatable bonds is 3. The van der Waals surface area contributed by atoms with Crippen molar-refractivity contribution in [1.29, 1.82) is 0 Å². The van der Waals surface area contributed by atoms with Gasteiger partial charge in [-0.05, 0) is 38.1 Å². The van der Waals surface area contributed by atoms with Crippen molar-refractivity contribution in [2.45, 2.75) is 18.7 Å². The molecule has 0 unspecified atom stereocenters. The molecule has 0 saturated heterocycles. The van der Waals surface area contributed by atoms with Crippen LogP contribution in [0.25, 0.3) is 27.2 Å². The van der Waals surface area contributed by atoms with Crippen molar-refractivity contribution in [2.75, 3.05) is 0 Å². The molecule has 5 rings (SSSR count). The molecule has 5 nitrogen and oxygen atoms in total. The molecule has 0 saturated carbocycles. The second-order valence-electron chi connectivity index (χ2n) is 7.16. The highest BCUT2D eigenvalue weighted by atomic mass is 32.2. The smallest absolute Gasteiger partial charge is 0.339 e. The van der Waals surface area contributed by atoms with Crippen LogP contribution in [0.1, 0.15) is 11.1 Å². The second-order valence-corrected chi connectivity index (χ2v) is 8.71. The summed E-state index contributed by atoms with van der Waals surface area (Å²) >= 11 is 0. The van der Waals surface area contributed by atoms with E-state index in [4.69, 9.17) is 4.18 Å². The lowest BCUT2D eigenvalue weighted by molar-refractivity contribution is 0.486. The van der Waals surface area contributed by atoms with Crippen LogP contribution in [0.15, 0.2) is 76.4 Å². The minimum absolute atomic E-state index is 0.0501. The lowest BCUT2D eigenvalue weighted by Crippen LogP contribution is -2.19. The highest BCUT2D eigenvalue weighted by Gasteiger charge is 2.24. The standard InChI is InChI=1S/C23H17NO4S/c1-14-10-12-16(13-11-14)29(26,27)28-22-15(2)23(25)24-20-9-4-3-6-17(20)18-7-5-8-19(22)21(18)24/h3-13H,1-2H3. The predicted molar refractivity (Wildman–Crippen MR) is 114 cm³/mol. The maximum atomic E-state index is 13.2. The lowest BCUT2D eigenvalue weighted by atomic mass is 10.1. The van der Waals surface area contributed by atoms with Gasteiger partial charge in [-0.25, -0.2) is 0 Å². The molecule has 0 aliphatic heterocycles. The van der Waals surface area contributed by atoms with Crippen LogP contribution >= 0.6 is 0 Å². The van der Waals surface area contributed by atoms with Crippen LogP contribution in [0.5, 0.6) is 5.75 Å².